The second-order valence-corrected chi connectivity index (χ2v) is 9.85. The fourth-order valence-electron chi connectivity index (χ4n) is 3.72. The van der Waals surface area contributed by atoms with E-state index in [4.69, 9.17) is 14.2 Å². The van der Waals surface area contributed by atoms with Crippen LogP contribution in [0.1, 0.15) is 58.2 Å². The first-order valence-corrected chi connectivity index (χ1v) is 12.1. The predicted octanol–water partition coefficient (Wildman–Crippen LogP) is 7.66. The third-order valence-electron chi connectivity index (χ3n) is 5.79. The van der Waals surface area contributed by atoms with Gasteiger partial charge in [-0.1, -0.05) is 74.9 Å². The number of hydrogen-bond acceptors (Lipinski definition) is 5. The molecule has 0 bridgehead atoms. The number of hydrogen-bond donors (Lipinski definition) is 0. The highest BCUT2D eigenvalue weighted by Gasteiger charge is 2.22. The highest BCUT2D eigenvalue weighted by atomic mass is 16.5. The summed E-state index contributed by atoms with van der Waals surface area (Å²) in [6.45, 7) is 8.48. The summed E-state index contributed by atoms with van der Waals surface area (Å²) in [5, 5.41) is 0. The van der Waals surface area contributed by atoms with E-state index in [2.05, 4.69) is 20.8 Å². The van der Waals surface area contributed by atoms with E-state index in [0.717, 1.165) is 16.7 Å². The summed E-state index contributed by atoms with van der Waals surface area (Å²) in [5.41, 5.74) is 3.57. The van der Waals surface area contributed by atoms with Crippen molar-refractivity contribution in [3.63, 3.8) is 0 Å². The smallest absolute Gasteiger partial charge is 0.343 e. The van der Waals surface area contributed by atoms with E-state index >= 15 is 0 Å². The topological polar surface area (TPSA) is 61.8 Å². The van der Waals surface area contributed by atoms with Crippen molar-refractivity contribution in [3.8, 4) is 17.2 Å². The van der Waals surface area contributed by atoms with Crippen LogP contribution < -0.4 is 9.47 Å². The van der Waals surface area contributed by atoms with Crippen LogP contribution in [0.25, 0.3) is 0 Å². The van der Waals surface area contributed by atoms with Crippen molar-refractivity contribution in [3.05, 3.63) is 125 Å². The zero-order chi connectivity index (χ0) is 26.4. The minimum Gasteiger partial charge on any atom is -0.457 e. The molecule has 4 aromatic carbocycles. The number of benzene rings is 4. The molecule has 0 aliphatic carbocycles. The lowest BCUT2D eigenvalue weighted by Crippen LogP contribution is -2.15. The zero-order valence-electron chi connectivity index (χ0n) is 21.5. The molecular weight excluding hydrogens is 464 g/mol. The number of esters is 2. The van der Waals surface area contributed by atoms with Gasteiger partial charge in [0.15, 0.2) is 0 Å². The van der Waals surface area contributed by atoms with Gasteiger partial charge in [0.2, 0.25) is 0 Å². The van der Waals surface area contributed by atoms with Crippen LogP contribution in [0.15, 0.2) is 97.1 Å². The molecule has 5 nitrogen and oxygen atoms in total. The number of ether oxygens (including phenoxy) is 3. The van der Waals surface area contributed by atoms with Gasteiger partial charge in [-0.25, -0.2) is 9.59 Å². The Bertz CT molecular complexity index is 1370. The molecule has 0 fully saturated rings. The molecule has 0 N–H and O–H groups in total. The van der Waals surface area contributed by atoms with E-state index < -0.39 is 11.9 Å². The third-order valence-corrected chi connectivity index (χ3v) is 5.79. The van der Waals surface area contributed by atoms with Crippen LogP contribution in [-0.4, -0.2) is 11.9 Å². The Morgan fingerprint density at radius 1 is 0.703 bits per heavy atom. The second-order valence-electron chi connectivity index (χ2n) is 9.85. The fourth-order valence-corrected chi connectivity index (χ4v) is 3.72. The van der Waals surface area contributed by atoms with Gasteiger partial charge in [-0.15, -0.1) is 0 Å². The molecule has 4 rings (SSSR count). The van der Waals surface area contributed by atoms with Gasteiger partial charge in [0.1, 0.15) is 23.9 Å². The van der Waals surface area contributed by atoms with Crippen molar-refractivity contribution in [2.45, 2.75) is 39.7 Å². The van der Waals surface area contributed by atoms with Gasteiger partial charge in [0.05, 0.1) is 11.1 Å². The average Bonchev–Trinajstić information content (AvgIpc) is 2.89. The lowest BCUT2D eigenvalue weighted by molar-refractivity contribution is 0.0472. The first-order chi connectivity index (χ1) is 17.7. The highest BCUT2D eigenvalue weighted by Crippen LogP contribution is 2.35. The second kappa shape index (κ2) is 11.1. The van der Waals surface area contributed by atoms with E-state index in [1.165, 1.54) is 0 Å². The van der Waals surface area contributed by atoms with Gasteiger partial charge in [0.25, 0.3) is 0 Å². The summed E-state index contributed by atoms with van der Waals surface area (Å²) in [4.78, 5) is 25.3. The van der Waals surface area contributed by atoms with Gasteiger partial charge in [0, 0.05) is 5.56 Å². The lowest BCUT2D eigenvalue weighted by Gasteiger charge is -2.23. The largest absolute Gasteiger partial charge is 0.457 e. The van der Waals surface area contributed by atoms with Crippen LogP contribution in [0.4, 0.5) is 0 Å². The summed E-state index contributed by atoms with van der Waals surface area (Å²) < 4.78 is 17.1. The first kappa shape index (κ1) is 25.7. The molecule has 0 saturated heterocycles. The molecule has 0 saturated carbocycles. The molecule has 4 aromatic rings. The first-order valence-electron chi connectivity index (χ1n) is 12.1. The van der Waals surface area contributed by atoms with E-state index in [-0.39, 0.29) is 12.0 Å². The molecule has 0 spiro atoms. The van der Waals surface area contributed by atoms with Crippen molar-refractivity contribution in [1.82, 2.24) is 0 Å². The summed E-state index contributed by atoms with van der Waals surface area (Å²) in [6, 6.07) is 28.9. The van der Waals surface area contributed by atoms with Crippen molar-refractivity contribution in [1.29, 1.82) is 0 Å². The Balaban J connectivity index is 1.45. The normalized spacial score (nSPS) is 11.0. The zero-order valence-corrected chi connectivity index (χ0v) is 21.5. The van der Waals surface area contributed by atoms with E-state index in [0.29, 0.717) is 28.4 Å². The molecule has 0 aliphatic rings. The molecule has 0 atom stereocenters. The SMILES string of the molecule is Cc1ccc(Oc2cc(C(=O)Oc3ccc(C(=O)OCc4ccccc4)cc3)ccc2C(C)(C)C)cc1. The van der Waals surface area contributed by atoms with E-state index in [1.807, 2.05) is 67.6 Å². The summed E-state index contributed by atoms with van der Waals surface area (Å²) in [6.07, 6.45) is 0. The van der Waals surface area contributed by atoms with Crippen LogP contribution in [-0.2, 0) is 16.8 Å². The Morgan fingerprint density at radius 2 is 1.32 bits per heavy atom. The summed E-state index contributed by atoms with van der Waals surface area (Å²) >= 11 is 0. The van der Waals surface area contributed by atoms with Crippen molar-refractivity contribution >= 4 is 11.9 Å². The van der Waals surface area contributed by atoms with Crippen LogP contribution in [0.2, 0.25) is 0 Å². The van der Waals surface area contributed by atoms with Crippen LogP contribution in [0.5, 0.6) is 17.2 Å². The summed E-state index contributed by atoms with van der Waals surface area (Å²) in [5.74, 6) is 0.648. The van der Waals surface area contributed by atoms with Crippen molar-refractivity contribution in [2.24, 2.45) is 0 Å². The minimum atomic E-state index is -0.520. The van der Waals surface area contributed by atoms with Gasteiger partial charge >= 0.3 is 11.9 Å². The average molecular weight is 495 g/mol. The molecule has 0 aromatic heterocycles. The molecule has 0 radical (unpaired) electrons. The molecular formula is C32H30O5. The Morgan fingerprint density at radius 3 is 1.97 bits per heavy atom. The Hall–Kier alpha value is -4.38. The Labute approximate surface area is 217 Å². The van der Waals surface area contributed by atoms with Gasteiger partial charge in [-0.3, -0.25) is 0 Å². The number of carbonyl (C=O) groups excluding carboxylic acids is 2. The molecule has 188 valence electrons. The van der Waals surface area contributed by atoms with Gasteiger partial charge in [-0.05, 0) is 66.4 Å². The molecule has 5 heteroatoms. The minimum absolute atomic E-state index is 0.187. The molecule has 37 heavy (non-hydrogen) atoms. The van der Waals surface area contributed by atoms with E-state index in [9.17, 15) is 9.59 Å². The summed E-state index contributed by atoms with van der Waals surface area (Å²) in [7, 11) is 0. The van der Waals surface area contributed by atoms with Crippen LogP contribution in [0, 0.1) is 6.92 Å². The maximum atomic E-state index is 12.9. The lowest BCUT2D eigenvalue weighted by atomic mass is 9.86. The van der Waals surface area contributed by atoms with Crippen molar-refractivity contribution < 1.29 is 23.8 Å². The van der Waals surface area contributed by atoms with E-state index in [1.54, 1.807) is 36.4 Å². The molecule has 0 amide bonds. The number of aryl methyl sites for hydroxylation is 1. The maximum absolute atomic E-state index is 12.9. The predicted molar refractivity (Wildman–Crippen MR) is 143 cm³/mol. The third kappa shape index (κ3) is 6.85. The molecule has 0 aliphatic heterocycles. The van der Waals surface area contributed by atoms with Gasteiger partial charge in [-0.2, -0.15) is 0 Å². The number of carbonyl (C=O) groups is 2. The number of rotatable bonds is 7. The molecule has 0 heterocycles. The molecule has 0 unspecified atom stereocenters. The van der Waals surface area contributed by atoms with Gasteiger partial charge < -0.3 is 14.2 Å². The Kier molecular flexibility index (Phi) is 7.73. The standard InChI is InChI=1S/C32H30O5/c1-22-10-15-26(16-11-22)36-29-20-25(14-19-28(29)32(2,3)4)31(34)37-27-17-12-24(13-18-27)30(33)35-21-23-8-6-5-7-9-23/h5-20H,21H2,1-4H3. The quantitative estimate of drug-likeness (QED) is 0.195. The maximum Gasteiger partial charge on any atom is 0.343 e. The van der Waals surface area contributed by atoms with Crippen molar-refractivity contribution in [2.75, 3.05) is 0 Å². The van der Waals surface area contributed by atoms with Crippen LogP contribution in [0.3, 0.4) is 0 Å². The monoisotopic (exact) mass is 494 g/mol. The highest BCUT2D eigenvalue weighted by molar-refractivity contribution is 5.92. The van der Waals surface area contributed by atoms with Crippen LogP contribution >= 0.6 is 0 Å². The fraction of sp³-hybridized carbons (Fsp3) is 0.188.